The number of carboxylic acids is 3. The Balaban J connectivity index is 3.65. The molecule has 1 aromatic rings. The molecular weight excluding hydrogens is 240 g/mol. The van der Waals surface area contributed by atoms with Gasteiger partial charge in [0.2, 0.25) is 0 Å². The fourth-order valence-electron chi connectivity index (χ4n) is 1.60. The summed E-state index contributed by atoms with van der Waals surface area (Å²) in [6, 6.07) is 3.77. The van der Waals surface area contributed by atoms with Gasteiger partial charge in [-0.25, -0.2) is 9.59 Å². The number of hydrogen-bond donors (Lipinski definition) is 3. The van der Waals surface area contributed by atoms with Crippen molar-refractivity contribution in [1.82, 2.24) is 0 Å². The van der Waals surface area contributed by atoms with Gasteiger partial charge < -0.3 is 15.3 Å². The van der Waals surface area contributed by atoms with Gasteiger partial charge in [-0.1, -0.05) is 12.1 Å². The van der Waals surface area contributed by atoms with Crippen LogP contribution in [0.2, 0.25) is 0 Å². The molecule has 0 saturated heterocycles. The van der Waals surface area contributed by atoms with Crippen LogP contribution < -0.4 is 0 Å². The van der Waals surface area contributed by atoms with E-state index in [1.807, 2.05) is 0 Å². The highest BCUT2D eigenvalue weighted by Crippen LogP contribution is 2.29. The Morgan fingerprint density at radius 3 is 1.94 bits per heavy atom. The standard InChI is InChI=1S/C12H12O6/c1-12(2,11(17)18)7-5-3-4-6(9(13)14)8(7)10(15)16/h3-5H,1-2H3,(H,13,14)(H,15,16)(H,17,18). The first-order valence-electron chi connectivity index (χ1n) is 5.03. The Labute approximate surface area is 102 Å². The number of benzene rings is 1. The van der Waals surface area contributed by atoms with E-state index in [2.05, 4.69) is 0 Å². The molecule has 0 amide bonds. The van der Waals surface area contributed by atoms with E-state index in [1.165, 1.54) is 26.0 Å². The van der Waals surface area contributed by atoms with Crippen molar-refractivity contribution in [3.8, 4) is 0 Å². The summed E-state index contributed by atoms with van der Waals surface area (Å²) in [5.74, 6) is -4.10. The van der Waals surface area contributed by atoms with Crippen LogP contribution in [0.15, 0.2) is 18.2 Å². The third-order valence-electron chi connectivity index (χ3n) is 2.72. The third-order valence-corrected chi connectivity index (χ3v) is 2.72. The van der Waals surface area contributed by atoms with E-state index < -0.39 is 34.4 Å². The van der Waals surface area contributed by atoms with E-state index in [0.717, 1.165) is 6.07 Å². The zero-order valence-electron chi connectivity index (χ0n) is 9.80. The average Bonchev–Trinajstić information content (AvgIpc) is 2.27. The largest absolute Gasteiger partial charge is 0.481 e. The Hall–Kier alpha value is -2.37. The molecule has 0 bridgehead atoms. The highest BCUT2D eigenvalue weighted by Gasteiger charge is 2.35. The van der Waals surface area contributed by atoms with E-state index in [1.54, 1.807) is 0 Å². The van der Waals surface area contributed by atoms with Crippen LogP contribution in [-0.2, 0) is 10.2 Å². The second kappa shape index (κ2) is 4.48. The van der Waals surface area contributed by atoms with E-state index >= 15 is 0 Å². The summed E-state index contributed by atoms with van der Waals surface area (Å²) >= 11 is 0. The number of aliphatic carboxylic acids is 1. The lowest BCUT2D eigenvalue weighted by atomic mass is 9.80. The zero-order chi connectivity index (χ0) is 14.1. The van der Waals surface area contributed by atoms with Gasteiger partial charge in [0.25, 0.3) is 0 Å². The molecule has 6 nitrogen and oxygen atoms in total. The minimum atomic E-state index is -1.49. The maximum atomic E-state index is 11.2. The molecule has 1 rings (SSSR count). The number of carboxylic acid groups (broad SMARTS) is 3. The predicted octanol–water partition coefficient (Wildman–Crippen LogP) is 1.45. The molecule has 96 valence electrons. The van der Waals surface area contributed by atoms with Gasteiger partial charge in [-0.3, -0.25) is 4.79 Å². The second-order valence-corrected chi connectivity index (χ2v) is 4.27. The van der Waals surface area contributed by atoms with Crippen molar-refractivity contribution in [2.24, 2.45) is 0 Å². The summed E-state index contributed by atoms with van der Waals surface area (Å²) < 4.78 is 0. The smallest absolute Gasteiger partial charge is 0.336 e. The minimum Gasteiger partial charge on any atom is -0.481 e. The maximum Gasteiger partial charge on any atom is 0.336 e. The Morgan fingerprint density at radius 1 is 1.00 bits per heavy atom. The predicted molar refractivity (Wildman–Crippen MR) is 61.0 cm³/mol. The van der Waals surface area contributed by atoms with Crippen molar-refractivity contribution in [3.05, 3.63) is 34.9 Å². The number of aromatic carboxylic acids is 2. The van der Waals surface area contributed by atoms with Crippen LogP contribution in [0.25, 0.3) is 0 Å². The first kappa shape index (κ1) is 13.7. The number of carbonyl (C=O) groups is 3. The molecule has 0 atom stereocenters. The van der Waals surface area contributed by atoms with Crippen molar-refractivity contribution >= 4 is 17.9 Å². The van der Waals surface area contributed by atoms with E-state index in [9.17, 15) is 14.4 Å². The molecule has 3 N–H and O–H groups in total. The van der Waals surface area contributed by atoms with Gasteiger partial charge in [0.15, 0.2) is 0 Å². The molecule has 0 aliphatic rings. The molecule has 6 heteroatoms. The summed E-state index contributed by atoms with van der Waals surface area (Å²) in [5, 5.41) is 27.1. The van der Waals surface area contributed by atoms with Gasteiger partial charge in [-0.15, -0.1) is 0 Å². The quantitative estimate of drug-likeness (QED) is 0.747. The molecule has 0 aliphatic heterocycles. The summed E-state index contributed by atoms with van der Waals surface area (Å²) in [6.45, 7) is 2.64. The first-order valence-corrected chi connectivity index (χ1v) is 5.03. The molecule has 0 heterocycles. The zero-order valence-corrected chi connectivity index (χ0v) is 9.80. The SMILES string of the molecule is CC(C)(C(=O)O)c1cccc(C(=O)O)c1C(=O)O. The molecule has 0 aromatic heterocycles. The van der Waals surface area contributed by atoms with Crippen molar-refractivity contribution in [3.63, 3.8) is 0 Å². The van der Waals surface area contributed by atoms with Crippen molar-refractivity contribution in [2.75, 3.05) is 0 Å². The highest BCUT2D eigenvalue weighted by atomic mass is 16.4. The van der Waals surface area contributed by atoms with E-state index in [-0.39, 0.29) is 5.56 Å². The Morgan fingerprint density at radius 2 is 1.56 bits per heavy atom. The van der Waals surface area contributed by atoms with Crippen LogP contribution in [0.3, 0.4) is 0 Å². The van der Waals surface area contributed by atoms with Crippen LogP contribution in [-0.4, -0.2) is 33.2 Å². The monoisotopic (exact) mass is 252 g/mol. The summed E-state index contributed by atoms with van der Waals surface area (Å²) in [4.78, 5) is 33.3. The lowest BCUT2D eigenvalue weighted by Gasteiger charge is -2.22. The Bertz CT molecular complexity index is 529. The average molecular weight is 252 g/mol. The highest BCUT2D eigenvalue weighted by molar-refractivity contribution is 6.04. The molecule has 0 aliphatic carbocycles. The van der Waals surface area contributed by atoms with Crippen LogP contribution in [0.5, 0.6) is 0 Å². The molecule has 1 aromatic carbocycles. The van der Waals surface area contributed by atoms with E-state index in [0.29, 0.717) is 0 Å². The summed E-state index contributed by atoms with van der Waals surface area (Å²) in [5.41, 5.74) is -2.44. The Kier molecular flexibility index (Phi) is 3.41. The van der Waals surface area contributed by atoms with Crippen LogP contribution >= 0.6 is 0 Å². The van der Waals surface area contributed by atoms with Gasteiger partial charge in [-0.2, -0.15) is 0 Å². The number of rotatable bonds is 4. The van der Waals surface area contributed by atoms with Gasteiger partial charge >= 0.3 is 17.9 Å². The topological polar surface area (TPSA) is 112 Å². The molecule has 18 heavy (non-hydrogen) atoms. The van der Waals surface area contributed by atoms with Gasteiger partial charge in [0.1, 0.15) is 0 Å². The van der Waals surface area contributed by atoms with Crippen molar-refractivity contribution in [1.29, 1.82) is 0 Å². The molecule has 0 radical (unpaired) electrons. The lowest BCUT2D eigenvalue weighted by molar-refractivity contribution is -0.142. The van der Waals surface area contributed by atoms with E-state index in [4.69, 9.17) is 15.3 Å². The fraction of sp³-hybridized carbons (Fsp3) is 0.250. The van der Waals surface area contributed by atoms with Gasteiger partial charge in [0.05, 0.1) is 16.5 Å². The molecule has 0 fully saturated rings. The second-order valence-electron chi connectivity index (χ2n) is 4.27. The van der Waals surface area contributed by atoms with Crippen molar-refractivity contribution < 1.29 is 29.7 Å². The molecular formula is C12H12O6. The molecule has 0 unspecified atom stereocenters. The van der Waals surface area contributed by atoms with Gasteiger partial charge in [-0.05, 0) is 25.5 Å². The summed E-state index contributed by atoms with van der Waals surface area (Å²) in [6.07, 6.45) is 0. The normalized spacial score (nSPS) is 11.0. The van der Waals surface area contributed by atoms with Crippen LogP contribution in [0, 0.1) is 0 Å². The maximum absolute atomic E-state index is 11.2. The summed E-state index contributed by atoms with van der Waals surface area (Å²) in [7, 11) is 0. The first-order chi connectivity index (χ1) is 8.19. The van der Waals surface area contributed by atoms with Crippen LogP contribution in [0.1, 0.15) is 40.1 Å². The fourth-order valence-corrected chi connectivity index (χ4v) is 1.60. The molecule has 0 saturated carbocycles. The lowest BCUT2D eigenvalue weighted by Crippen LogP contribution is -2.31. The third kappa shape index (κ3) is 2.17. The minimum absolute atomic E-state index is 0.0394. The van der Waals surface area contributed by atoms with Gasteiger partial charge in [0, 0.05) is 0 Å². The number of hydrogen-bond acceptors (Lipinski definition) is 3. The molecule has 0 spiro atoms. The van der Waals surface area contributed by atoms with Crippen molar-refractivity contribution in [2.45, 2.75) is 19.3 Å². The van der Waals surface area contributed by atoms with Crippen LogP contribution in [0.4, 0.5) is 0 Å².